The number of amides is 1. The summed E-state index contributed by atoms with van der Waals surface area (Å²) in [7, 11) is 3.21. The van der Waals surface area contributed by atoms with Gasteiger partial charge in [0.15, 0.2) is 5.78 Å². The number of hydrogen-bond donors (Lipinski definition) is 0. The van der Waals surface area contributed by atoms with Gasteiger partial charge in [0.1, 0.15) is 5.82 Å². The molecule has 6 nitrogen and oxygen atoms in total. The van der Waals surface area contributed by atoms with Crippen LogP contribution in [0.1, 0.15) is 41.3 Å². The van der Waals surface area contributed by atoms with Gasteiger partial charge in [0, 0.05) is 61.6 Å². The summed E-state index contributed by atoms with van der Waals surface area (Å²) in [5.41, 5.74) is 3.08. The molecular weight excluding hydrogens is 409 g/mol. The lowest BCUT2D eigenvalue weighted by molar-refractivity contribution is -0.130. The molecular formula is C25H26FN3O3. The summed E-state index contributed by atoms with van der Waals surface area (Å²) in [6.07, 6.45) is 4.49. The minimum absolute atomic E-state index is 0.0231. The van der Waals surface area contributed by atoms with Gasteiger partial charge in [-0.05, 0) is 30.2 Å². The van der Waals surface area contributed by atoms with Crippen LogP contribution in [0.2, 0.25) is 0 Å². The molecule has 32 heavy (non-hydrogen) atoms. The van der Waals surface area contributed by atoms with Gasteiger partial charge in [-0.3, -0.25) is 14.6 Å². The van der Waals surface area contributed by atoms with Gasteiger partial charge in [-0.2, -0.15) is 0 Å². The number of carbonyl (C=O) groups excluding carboxylic acids is 2. The van der Waals surface area contributed by atoms with Crippen LogP contribution < -0.4 is 4.74 Å². The molecule has 3 aromatic rings. The molecule has 2 aromatic heterocycles. The third-order valence-electron chi connectivity index (χ3n) is 5.22. The Morgan fingerprint density at radius 1 is 1.06 bits per heavy atom. The van der Waals surface area contributed by atoms with Crippen molar-refractivity contribution in [1.29, 1.82) is 0 Å². The van der Waals surface area contributed by atoms with Crippen LogP contribution in [0.25, 0.3) is 11.3 Å². The van der Waals surface area contributed by atoms with E-state index < -0.39 is 5.82 Å². The van der Waals surface area contributed by atoms with Crippen LogP contribution in [-0.4, -0.2) is 40.7 Å². The maximum absolute atomic E-state index is 14.5. The van der Waals surface area contributed by atoms with E-state index in [1.54, 1.807) is 57.6 Å². The van der Waals surface area contributed by atoms with Crippen molar-refractivity contribution in [3.8, 4) is 17.1 Å². The molecule has 0 aliphatic carbocycles. The normalized spacial score (nSPS) is 10.6. The first-order valence-electron chi connectivity index (χ1n) is 10.4. The molecule has 166 valence electrons. The average molecular weight is 435 g/mol. The number of pyridine rings is 2. The molecule has 1 amide bonds. The lowest BCUT2D eigenvalue weighted by Gasteiger charge is -2.17. The summed E-state index contributed by atoms with van der Waals surface area (Å²) in [6.45, 7) is 1.98. The third kappa shape index (κ3) is 5.75. The Morgan fingerprint density at radius 3 is 2.47 bits per heavy atom. The molecule has 0 bridgehead atoms. The molecule has 0 atom stereocenters. The van der Waals surface area contributed by atoms with E-state index >= 15 is 0 Å². The van der Waals surface area contributed by atoms with E-state index in [1.165, 1.54) is 17.2 Å². The van der Waals surface area contributed by atoms with E-state index in [9.17, 15) is 14.0 Å². The van der Waals surface area contributed by atoms with E-state index in [0.717, 1.165) is 5.56 Å². The minimum atomic E-state index is -0.395. The second-order valence-corrected chi connectivity index (χ2v) is 7.47. The monoisotopic (exact) mass is 435 g/mol. The smallest absolute Gasteiger partial charge is 0.222 e. The van der Waals surface area contributed by atoms with Gasteiger partial charge in [0.25, 0.3) is 0 Å². The Balaban J connectivity index is 1.63. The molecule has 0 saturated carbocycles. The number of methoxy groups -OCH3 is 1. The topological polar surface area (TPSA) is 72.4 Å². The molecule has 0 aliphatic rings. The lowest BCUT2D eigenvalue weighted by atomic mass is 10.0. The van der Waals surface area contributed by atoms with Gasteiger partial charge >= 0.3 is 0 Å². The van der Waals surface area contributed by atoms with E-state index in [4.69, 9.17) is 4.74 Å². The van der Waals surface area contributed by atoms with Crippen LogP contribution in [0, 0.1) is 5.82 Å². The van der Waals surface area contributed by atoms with Crippen molar-refractivity contribution in [3.63, 3.8) is 0 Å². The molecule has 1 aromatic carbocycles. The maximum atomic E-state index is 14.5. The lowest BCUT2D eigenvalue weighted by Crippen LogP contribution is -2.25. The third-order valence-corrected chi connectivity index (χ3v) is 5.22. The number of Topliss-reactive ketones (excluding diaryl/α,β-unsaturated/α-hetero) is 1. The highest BCUT2D eigenvalue weighted by atomic mass is 19.1. The first-order chi connectivity index (χ1) is 15.4. The van der Waals surface area contributed by atoms with Gasteiger partial charge in [-0.1, -0.05) is 25.1 Å². The zero-order valence-electron chi connectivity index (χ0n) is 18.5. The number of benzene rings is 1. The largest absolute Gasteiger partial charge is 0.481 e. The number of carbonyl (C=O) groups is 2. The Morgan fingerprint density at radius 2 is 1.88 bits per heavy atom. The number of ether oxygens (including phenoxy) is 1. The van der Waals surface area contributed by atoms with Crippen LogP contribution in [0.15, 0.2) is 54.9 Å². The number of rotatable bonds is 9. The van der Waals surface area contributed by atoms with Gasteiger partial charge in [0.05, 0.1) is 12.8 Å². The molecule has 0 fully saturated rings. The standard InChI is InChI=1S/C25H26FN3O3/c1-4-25(31)29(2)16-20-8-7-18(13-21(20)26)22-10-9-19(15-27-22)23(30)11-5-17-6-12-24(32-3)28-14-17/h6-10,12-15H,4-5,11,16H2,1-3H3. The van der Waals surface area contributed by atoms with Crippen molar-refractivity contribution in [2.75, 3.05) is 14.2 Å². The Labute approximate surface area is 187 Å². The molecule has 0 N–H and O–H groups in total. The molecule has 0 unspecified atom stereocenters. The molecule has 0 spiro atoms. The number of halogens is 1. The summed E-state index contributed by atoms with van der Waals surface area (Å²) < 4.78 is 19.6. The minimum Gasteiger partial charge on any atom is -0.481 e. The van der Waals surface area contributed by atoms with E-state index in [0.29, 0.717) is 47.5 Å². The van der Waals surface area contributed by atoms with Crippen molar-refractivity contribution in [1.82, 2.24) is 14.9 Å². The quantitative estimate of drug-likeness (QED) is 0.464. The first-order valence-corrected chi connectivity index (χ1v) is 10.4. The first kappa shape index (κ1) is 23.1. The van der Waals surface area contributed by atoms with Crippen molar-refractivity contribution in [2.24, 2.45) is 0 Å². The van der Waals surface area contributed by atoms with Gasteiger partial charge in [-0.15, -0.1) is 0 Å². The predicted octanol–water partition coefficient (Wildman–Crippen LogP) is 4.48. The predicted molar refractivity (Wildman–Crippen MR) is 120 cm³/mol. The molecule has 3 rings (SSSR count). The van der Waals surface area contributed by atoms with E-state index in [-0.39, 0.29) is 18.2 Å². The second kappa shape index (κ2) is 10.6. The van der Waals surface area contributed by atoms with Crippen LogP contribution in [0.4, 0.5) is 4.39 Å². The average Bonchev–Trinajstić information content (AvgIpc) is 2.83. The van der Waals surface area contributed by atoms with Crippen molar-refractivity contribution in [3.05, 3.63) is 77.4 Å². The number of aryl methyl sites for hydroxylation is 1. The number of nitrogens with zero attached hydrogens (tertiary/aromatic N) is 3. The summed E-state index contributed by atoms with van der Waals surface area (Å²) in [5.74, 6) is 0.0720. The molecule has 7 heteroatoms. The van der Waals surface area contributed by atoms with Crippen molar-refractivity contribution in [2.45, 2.75) is 32.7 Å². The zero-order chi connectivity index (χ0) is 23.1. The number of aromatic nitrogens is 2. The Kier molecular flexibility index (Phi) is 7.65. The zero-order valence-corrected chi connectivity index (χ0v) is 18.5. The maximum Gasteiger partial charge on any atom is 0.222 e. The fourth-order valence-corrected chi connectivity index (χ4v) is 3.26. The van der Waals surface area contributed by atoms with Gasteiger partial charge < -0.3 is 9.64 Å². The van der Waals surface area contributed by atoms with Crippen LogP contribution >= 0.6 is 0 Å². The molecule has 0 aliphatic heterocycles. The van der Waals surface area contributed by atoms with Gasteiger partial charge in [0.2, 0.25) is 11.8 Å². The summed E-state index contributed by atoms with van der Waals surface area (Å²) in [5, 5.41) is 0. The SMILES string of the molecule is CCC(=O)N(C)Cc1ccc(-c2ccc(C(=O)CCc3ccc(OC)nc3)cn2)cc1F. The van der Waals surface area contributed by atoms with Crippen molar-refractivity contribution < 1.29 is 18.7 Å². The highest BCUT2D eigenvalue weighted by molar-refractivity contribution is 5.96. The van der Waals surface area contributed by atoms with E-state index in [2.05, 4.69) is 9.97 Å². The molecule has 2 heterocycles. The molecule has 0 radical (unpaired) electrons. The summed E-state index contributed by atoms with van der Waals surface area (Å²) >= 11 is 0. The summed E-state index contributed by atoms with van der Waals surface area (Å²) in [4.78, 5) is 34.2. The van der Waals surface area contributed by atoms with E-state index in [1.807, 2.05) is 6.07 Å². The molecule has 0 saturated heterocycles. The van der Waals surface area contributed by atoms with Crippen molar-refractivity contribution >= 4 is 11.7 Å². The Bertz CT molecular complexity index is 1080. The van der Waals surface area contributed by atoms with Crippen LogP contribution in [-0.2, 0) is 17.8 Å². The van der Waals surface area contributed by atoms with Gasteiger partial charge in [-0.25, -0.2) is 9.37 Å². The highest BCUT2D eigenvalue weighted by Crippen LogP contribution is 2.22. The van der Waals surface area contributed by atoms with Crippen LogP contribution in [0.5, 0.6) is 5.88 Å². The number of ketones is 1. The Hall–Kier alpha value is -3.61. The summed E-state index contributed by atoms with van der Waals surface area (Å²) in [6, 6.07) is 11.9. The fraction of sp³-hybridized carbons (Fsp3) is 0.280. The van der Waals surface area contributed by atoms with Crippen LogP contribution in [0.3, 0.4) is 0 Å². The number of hydrogen-bond acceptors (Lipinski definition) is 5. The highest BCUT2D eigenvalue weighted by Gasteiger charge is 2.12. The second-order valence-electron chi connectivity index (χ2n) is 7.47. The fourth-order valence-electron chi connectivity index (χ4n) is 3.26.